The summed E-state index contributed by atoms with van der Waals surface area (Å²) in [5.74, 6) is -0.343. The van der Waals surface area contributed by atoms with Crippen LogP contribution in [-0.2, 0) is 40.5 Å². The molecule has 1 aromatic heterocycles. The molecule has 1 aromatic carbocycles. The number of Topliss-reactive ketones (excluding diaryl/α,β-unsaturated/α-hetero) is 1. The van der Waals surface area contributed by atoms with Gasteiger partial charge in [0.1, 0.15) is 10.7 Å². The average Bonchev–Trinajstić information content (AvgIpc) is 3.66. The number of sulfonamides is 1. The number of ether oxygens (including phenoxy) is 2. The van der Waals surface area contributed by atoms with E-state index in [9.17, 15) is 21.6 Å². The highest BCUT2D eigenvalue weighted by Gasteiger charge is 2.32. The van der Waals surface area contributed by atoms with Gasteiger partial charge in [-0.25, -0.2) is 21.8 Å². The number of piperazine rings is 1. The third-order valence-corrected chi connectivity index (χ3v) is 12.7. The van der Waals surface area contributed by atoms with Crippen LogP contribution in [0.1, 0.15) is 17.0 Å². The molecule has 3 aliphatic heterocycles. The van der Waals surface area contributed by atoms with Crippen LogP contribution in [0.2, 0.25) is 0 Å². The monoisotopic (exact) mass is 611 g/mol. The van der Waals surface area contributed by atoms with Gasteiger partial charge in [-0.2, -0.15) is 9.41 Å². The largest absolute Gasteiger partial charge is 0.380 e. The van der Waals surface area contributed by atoms with Crippen LogP contribution in [0.3, 0.4) is 0 Å². The number of hydrogen-bond donors (Lipinski definition) is 0. The maximum Gasteiger partial charge on any atom is 0.254 e. The van der Waals surface area contributed by atoms with E-state index in [1.807, 2.05) is 7.05 Å². The number of sulfone groups is 1. The summed E-state index contributed by atoms with van der Waals surface area (Å²) in [7, 11) is -5.29. The van der Waals surface area contributed by atoms with E-state index in [-0.39, 0.29) is 33.6 Å². The van der Waals surface area contributed by atoms with Crippen molar-refractivity contribution in [2.24, 2.45) is 5.10 Å². The van der Waals surface area contributed by atoms with E-state index in [4.69, 9.17) is 9.47 Å². The summed E-state index contributed by atoms with van der Waals surface area (Å²) in [5.41, 5.74) is 0.633. The summed E-state index contributed by atoms with van der Waals surface area (Å²) in [6.07, 6.45) is 1.63. The van der Waals surface area contributed by atoms with Crippen LogP contribution in [0, 0.1) is 0 Å². The standard InChI is InChI=1S/C25H33N5O7S3/c1-28-7-9-30(10-8-28)40(34,35)24-17-26-23(38-24)16-22(31)25(27-29-11-14-36-15-12-29)19-2-4-20(5-3-19)39(32,33)21-6-13-37-18-21/h2-5,17,21H,6-16,18H2,1H3/b27-25+/t21-/m0/s1. The number of aromatic nitrogens is 1. The van der Waals surface area contributed by atoms with E-state index >= 15 is 0 Å². The number of hydrogen-bond acceptors (Lipinski definition) is 12. The second-order valence-corrected chi connectivity index (χ2v) is 15.5. The van der Waals surface area contributed by atoms with Crippen LogP contribution >= 0.6 is 11.3 Å². The number of morpholine rings is 1. The lowest BCUT2D eigenvalue weighted by Crippen LogP contribution is -2.46. The molecule has 3 aliphatic rings. The van der Waals surface area contributed by atoms with Crippen LogP contribution < -0.4 is 0 Å². The molecule has 0 bridgehead atoms. The Hall–Kier alpha value is -2.27. The Morgan fingerprint density at radius 3 is 2.35 bits per heavy atom. The molecule has 0 spiro atoms. The second kappa shape index (κ2) is 12.3. The van der Waals surface area contributed by atoms with Gasteiger partial charge in [-0.15, -0.1) is 11.3 Å². The molecule has 0 amide bonds. The first-order valence-electron chi connectivity index (χ1n) is 13.1. The Labute approximate surface area is 238 Å². The van der Waals surface area contributed by atoms with Crippen molar-refractivity contribution in [1.82, 2.24) is 19.2 Å². The Morgan fingerprint density at radius 2 is 1.70 bits per heavy atom. The van der Waals surface area contributed by atoms with Crippen LogP contribution in [0.5, 0.6) is 0 Å². The Kier molecular flexibility index (Phi) is 8.99. The van der Waals surface area contributed by atoms with E-state index in [2.05, 4.69) is 15.0 Å². The molecule has 12 nitrogen and oxygen atoms in total. The van der Waals surface area contributed by atoms with E-state index < -0.39 is 25.1 Å². The van der Waals surface area contributed by atoms with Gasteiger partial charge in [0, 0.05) is 38.3 Å². The van der Waals surface area contributed by atoms with Gasteiger partial charge in [-0.05, 0) is 25.6 Å². The van der Waals surface area contributed by atoms with E-state index in [0.29, 0.717) is 76.1 Å². The number of likely N-dealkylation sites (N-methyl/N-ethyl adjacent to an activating group) is 1. The van der Waals surface area contributed by atoms with Gasteiger partial charge < -0.3 is 14.4 Å². The topological polar surface area (TPSA) is 139 Å². The first kappa shape index (κ1) is 29.2. The van der Waals surface area contributed by atoms with E-state index in [0.717, 1.165) is 11.3 Å². The third kappa shape index (κ3) is 6.45. The number of hydrazone groups is 1. The zero-order valence-electron chi connectivity index (χ0n) is 22.3. The van der Waals surface area contributed by atoms with Crippen LogP contribution in [-0.4, -0.2) is 126 Å². The lowest BCUT2D eigenvalue weighted by molar-refractivity contribution is -0.112. The quantitative estimate of drug-likeness (QED) is 0.368. The minimum atomic E-state index is -3.69. The summed E-state index contributed by atoms with van der Waals surface area (Å²) >= 11 is 0.986. The molecule has 40 heavy (non-hydrogen) atoms. The van der Waals surface area contributed by atoms with E-state index in [1.165, 1.54) is 22.6 Å². The number of ketones is 1. The molecule has 0 unspecified atom stereocenters. The highest BCUT2D eigenvalue weighted by atomic mass is 32.2. The summed E-state index contributed by atoms with van der Waals surface area (Å²) in [6, 6.07) is 6.17. The average molecular weight is 612 g/mol. The Balaban J connectivity index is 1.36. The summed E-state index contributed by atoms with van der Waals surface area (Å²) < 4.78 is 64.3. The van der Waals surface area contributed by atoms with Gasteiger partial charge in [-0.3, -0.25) is 9.80 Å². The Bertz CT molecular complexity index is 1440. The minimum absolute atomic E-state index is 0.108. The molecule has 4 heterocycles. The fourth-order valence-electron chi connectivity index (χ4n) is 4.69. The second-order valence-electron chi connectivity index (χ2n) is 9.95. The summed E-state index contributed by atoms with van der Waals surface area (Å²) in [6.45, 7) is 4.68. The van der Waals surface area contributed by atoms with Crippen molar-refractivity contribution in [3.8, 4) is 0 Å². The van der Waals surface area contributed by atoms with Gasteiger partial charge in [0.15, 0.2) is 19.8 Å². The number of benzene rings is 1. The highest BCUT2D eigenvalue weighted by Crippen LogP contribution is 2.26. The van der Waals surface area contributed by atoms with Crippen LogP contribution in [0.4, 0.5) is 0 Å². The van der Waals surface area contributed by atoms with Gasteiger partial charge >= 0.3 is 0 Å². The number of nitrogens with zero attached hydrogens (tertiary/aromatic N) is 5. The molecule has 2 aromatic rings. The number of carbonyl (C=O) groups excluding carboxylic acids is 1. The zero-order chi connectivity index (χ0) is 28.3. The molecule has 0 saturated carbocycles. The molecule has 0 aliphatic carbocycles. The molecule has 0 radical (unpaired) electrons. The number of carbonyl (C=O) groups is 1. The van der Waals surface area contributed by atoms with Crippen molar-refractivity contribution in [2.75, 3.05) is 72.7 Å². The SMILES string of the molecule is CN1CCN(S(=O)(=O)c2cnc(CC(=O)/C(=N/N3CCOCC3)c3ccc(S(=O)(=O)[C@H]4CCOC4)cc3)s2)CC1. The van der Waals surface area contributed by atoms with Gasteiger partial charge in [0.25, 0.3) is 10.0 Å². The van der Waals surface area contributed by atoms with E-state index in [1.54, 1.807) is 17.1 Å². The van der Waals surface area contributed by atoms with Gasteiger partial charge in [-0.1, -0.05) is 12.1 Å². The first-order chi connectivity index (χ1) is 19.1. The molecular formula is C25H33N5O7S3. The predicted octanol–water partition coefficient (Wildman–Crippen LogP) is 0.490. The molecule has 218 valence electrons. The van der Waals surface area contributed by atoms with Crippen LogP contribution in [0.25, 0.3) is 0 Å². The smallest absolute Gasteiger partial charge is 0.254 e. The van der Waals surface area contributed by atoms with Crippen molar-refractivity contribution in [2.45, 2.75) is 27.2 Å². The predicted molar refractivity (Wildman–Crippen MR) is 149 cm³/mol. The fraction of sp³-hybridized carbons (Fsp3) is 0.560. The summed E-state index contributed by atoms with van der Waals surface area (Å²) in [5, 5.41) is 6.14. The van der Waals surface area contributed by atoms with Crippen molar-refractivity contribution in [3.63, 3.8) is 0 Å². The van der Waals surface area contributed by atoms with Crippen molar-refractivity contribution in [1.29, 1.82) is 0 Å². The zero-order valence-corrected chi connectivity index (χ0v) is 24.7. The molecule has 3 saturated heterocycles. The number of rotatable bonds is 9. The van der Waals surface area contributed by atoms with Gasteiger partial charge in [0.2, 0.25) is 0 Å². The van der Waals surface area contributed by atoms with Crippen molar-refractivity contribution < 1.29 is 31.1 Å². The van der Waals surface area contributed by atoms with Crippen LogP contribution in [0.15, 0.2) is 44.7 Å². The normalized spacial score (nSPS) is 22.1. The molecule has 15 heteroatoms. The lowest BCUT2D eigenvalue weighted by Gasteiger charge is -2.30. The van der Waals surface area contributed by atoms with Crippen molar-refractivity contribution >= 4 is 42.7 Å². The Morgan fingerprint density at radius 1 is 1.00 bits per heavy atom. The first-order valence-corrected chi connectivity index (χ1v) is 16.9. The van der Waals surface area contributed by atoms with Gasteiger partial charge in [0.05, 0.1) is 55.7 Å². The fourth-order valence-corrected chi connectivity index (χ4v) is 9.03. The lowest BCUT2D eigenvalue weighted by atomic mass is 10.0. The number of thiazole rings is 1. The molecule has 0 N–H and O–H groups in total. The maximum atomic E-state index is 13.6. The maximum absolute atomic E-state index is 13.6. The molecule has 5 rings (SSSR count). The van der Waals surface area contributed by atoms with Crippen molar-refractivity contribution in [3.05, 3.63) is 41.0 Å². The highest BCUT2D eigenvalue weighted by molar-refractivity contribution is 7.92. The molecular weight excluding hydrogens is 579 g/mol. The molecule has 1 atom stereocenters. The third-order valence-electron chi connectivity index (χ3n) is 7.18. The minimum Gasteiger partial charge on any atom is -0.380 e. The summed E-state index contributed by atoms with van der Waals surface area (Å²) in [4.78, 5) is 20.0. The molecule has 3 fully saturated rings.